The second-order valence-electron chi connectivity index (χ2n) is 6.12. The van der Waals surface area contributed by atoms with Crippen LogP contribution in [-0.4, -0.2) is 34.5 Å². The van der Waals surface area contributed by atoms with E-state index in [0.29, 0.717) is 36.3 Å². The van der Waals surface area contributed by atoms with Gasteiger partial charge in [-0.05, 0) is 48.9 Å². The lowest BCUT2D eigenvalue weighted by molar-refractivity contribution is -0.144. The van der Waals surface area contributed by atoms with Gasteiger partial charge in [-0.3, -0.25) is 9.69 Å². The van der Waals surface area contributed by atoms with Crippen LogP contribution in [0.2, 0.25) is 10.0 Å². The molecule has 1 N–H and O–H groups in total. The van der Waals surface area contributed by atoms with Gasteiger partial charge in [0.1, 0.15) is 0 Å². The first-order chi connectivity index (χ1) is 14.2. The van der Waals surface area contributed by atoms with Crippen molar-refractivity contribution >= 4 is 75.1 Å². The molecular weight excluding hydrogens is 469 g/mol. The Kier molecular flexibility index (Phi) is 6.92. The largest absolute Gasteiger partial charge is 0.493 e. The number of benzene rings is 2. The number of carbonyl (C=O) groups is 2. The Balaban J connectivity index is 1.88. The number of methoxy groups -OCH3 is 1. The molecule has 30 heavy (non-hydrogen) atoms. The Labute approximate surface area is 192 Å². The van der Waals surface area contributed by atoms with Gasteiger partial charge in [-0.25, -0.2) is 4.79 Å². The maximum absolute atomic E-state index is 12.9. The number of hydrogen-bond donors (Lipinski definition) is 1. The van der Waals surface area contributed by atoms with Gasteiger partial charge in [0.05, 0.1) is 27.7 Å². The van der Waals surface area contributed by atoms with Crippen LogP contribution in [0.4, 0.5) is 5.69 Å². The van der Waals surface area contributed by atoms with Crippen LogP contribution in [0.1, 0.15) is 12.5 Å². The number of halogens is 2. The molecule has 156 valence electrons. The molecule has 1 atom stereocenters. The molecule has 0 spiro atoms. The Morgan fingerprint density at radius 3 is 2.57 bits per heavy atom. The van der Waals surface area contributed by atoms with E-state index in [4.69, 9.17) is 50.0 Å². The molecule has 0 aromatic heterocycles. The van der Waals surface area contributed by atoms with E-state index in [-0.39, 0.29) is 11.7 Å². The molecule has 1 heterocycles. The maximum Gasteiger partial charge on any atom is 0.344 e. The summed E-state index contributed by atoms with van der Waals surface area (Å²) in [7, 11) is 1.45. The zero-order valence-corrected chi connectivity index (χ0v) is 18.9. The number of carbonyl (C=O) groups excluding carboxylic acids is 1. The van der Waals surface area contributed by atoms with Crippen molar-refractivity contribution in [2.75, 3.05) is 12.0 Å². The quantitative estimate of drug-likeness (QED) is 0.443. The predicted octanol–water partition coefficient (Wildman–Crippen LogP) is 5.26. The molecule has 2 aromatic rings. The van der Waals surface area contributed by atoms with Gasteiger partial charge < -0.3 is 14.6 Å². The predicted molar refractivity (Wildman–Crippen MR) is 123 cm³/mol. The first kappa shape index (κ1) is 22.4. The minimum Gasteiger partial charge on any atom is -0.493 e. The van der Waals surface area contributed by atoms with E-state index in [0.717, 1.165) is 11.8 Å². The standard InChI is InChI=1S/C20H15Cl2NO5S2/c1-10(19(25)26)28-15-6-3-11(7-16(15)27-2)8-17-18(24)23(20(29)30-17)12-4-5-13(21)14(22)9-12/h3-10H,1-2H3,(H,25,26)/b17-8+. The van der Waals surface area contributed by atoms with Crippen LogP contribution >= 0.6 is 47.2 Å². The summed E-state index contributed by atoms with van der Waals surface area (Å²) in [5.41, 5.74) is 1.19. The Morgan fingerprint density at radius 1 is 1.20 bits per heavy atom. The Morgan fingerprint density at radius 2 is 1.93 bits per heavy atom. The maximum atomic E-state index is 12.9. The number of thiocarbonyl (C=S) groups is 1. The van der Waals surface area contributed by atoms with Crippen LogP contribution in [0.3, 0.4) is 0 Å². The molecule has 1 saturated heterocycles. The SMILES string of the molecule is COc1cc(/C=C2/SC(=S)N(c3ccc(Cl)c(Cl)c3)C2=O)ccc1OC(C)C(=O)O. The van der Waals surface area contributed by atoms with E-state index in [1.165, 1.54) is 18.9 Å². The van der Waals surface area contributed by atoms with Crippen molar-refractivity contribution in [1.82, 2.24) is 0 Å². The first-order valence-electron chi connectivity index (χ1n) is 8.51. The summed E-state index contributed by atoms with van der Waals surface area (Å²) >= 11 is 18.5. The third-order valence-electron chi connectivity index (χ3n) is 4.09. The molecule has 0 bridgehead atoms. The number of rotatable bonds is 6. The van der Waals surface area contributed by atoms with Crippen molar-refractivity contribution in [3.63, 3.8) is 0 Å². The molecule has 1 amide bonds. The molecule has 0 radical (unpaired) electrons. The number of nitrogens with zero attached hydrogens (tertiary/aromatic N) is 1. The summed E-state index contributed by atoms with van der Waals surface area (Å²) in [4.78, 5) is 25.7. The Bertz CT molecular complexity index is 1070. The van der Waals surface area contributed by atoms with Crippen LogP contribution in [0.25, 0.3) is 6.08 Å². The molecular formula is C20H15Cl2NO5S2. The second kappa shape index (κ2) is 9.26. The number of hydrogen-bond acceptors (Lipinski definition) is 6. The highest BCUT2D eigenvalue weighted by Gasteiger charge is 2.33. The van der Waals surface area contributed by atoms with Crippen molar-refractivity contribution in [2.24, 2.45) is 0 Å². The van der Waals surface area contributed by atoms with Crippen LogP contribution < -0.4 is 14.4 Å². The summed E-state index contributed by atoms with van der Waals surface area (Å²) in [5, 5.41) is 9.71. The third-order valence-corrected chi connectivity index (χ3v) is 6.13. The number of aliphatic carboxylic acids is 1. The molecule has 2 aromatic carbocycles. The van der Waals surface area contributed by atoms with E-state index in [9.17, 15) is 9.59 Å². The average Bonchev–Trinajstić information content (AvgIpc) is 2.98. The van der Waals surface area contributed by atoms with Crippen molar-refractivity contribution in [1.29, 1.82) is 0 Å². The van der Waals surface area contributed by atoms with Gasteiger partial charge in [0.25, 0.3) is 5.91 Å². The number of carboxylic acid groups (broad SMARTS) is 1. The molecule has 1 unspecified atom stereocenters. The highest BCUT2D eigenvalue weighted by atomic mass is 35.5. The fourth-order valence-corrected chi connectivity index (χ4v) is 4.17. The van der Waals surface area contributed by atoms with E-state index < -0.39 is 12.1 Å². The van der Waals surface area contributed by atoms with Gasteiger partial charge in [-0.1, -0.05) is 53.2 Å². The zero-order valence-electron chi connectivity index (χ0n) is 15.7. The smallest absolute Gasteiger partial charge is 0.344 e. The minimum atomic E-state index is -1.09. The monoisotopic (exact) mass is 483 g/mol. The summed E-state index contributed by atoms with van der Waals surface area (Å²) < 4.78 is 11.0. The van der Waals surface area contributed by atoms with Gasteiger partial charge in [0.15, 0.2) is 21.9 Å². The number of carboxylic acids is 1. The van der Waals surface area contributed by atoms with Crippen molar-refractivity contribution < 1.29 is 24.2 Å². The topological polar surface area (TPSA) is 76.1 Å². The van der Waals surface area contributed by atoms with Gasteiger partial charge in [-0.2, -0.15) is 0 Å². The highest BCUT2D eigenvalue weighted by molar-refractivity contribution is 8.27. The molecule has 1 fully saturated rings. The normalized spacial score (nSPS) is 16.1. The van der Waals surface area contributed by atoms with Crippen LogP contribution in [0.5, 0.6) is 11.5 Å². The number of anilines is 1. The van der Waals surface area contributed by atoms with E-state index in [1.54, 1.807) is 42.5 Å². The highest BCUT2D eigenvalue weighted by Crippen LogP contribution is 2.38. The summed E-state index contributed by atoms with van der Waals surface area (Å²) in [5.74, 6) is -0.751. The molecule has 0 saturated carbocycles. The van der Waals surface area contributed by atoms with E-state index in [1.807, 2.05) is 0 Å². The van der Waals surface area contributed by atoms with Gasteiger partial charge >= 0.3 is 5.97 Å². The lowest BCUT2D eigenvalue weighted by atomic mass is 10.1. The van der Waals surface area contributed by atoms with Gasteiger partial charge in [0, 0.05) is 0 Å². The summed E-state index contributed by atoms with van der Waals surface area (Å²) in [6.45, 7) is 1.42. The summed E-state index contributed by atoms with van der Waals surface area (Å²) in [6.07, 6.45) is 0.635. The number of amides is 1. The number of ether oxygens (including phenoxy) is 2. The van der Waals surface area contributed by atoms with Crippen molar-refractivity contribution in [3.05, 3.63) is 56.9 Å². The molecule has 10 heteroatoms. The molecule has 1 aliphatic heterocycles. The Hall–Kier alpha value is -2.26. The van der Waals surface area contributed by atoms with Crippen LogP contribution in [0.15, 0.2) is 41.3 Å². The lowest BCUT2D eigenvalue weighted by Crippen LogP contribution is -2.27. The van der Waals surface area contributed by atoms with E-state index in [2.05, 4.69) is 0 Å². The molecule has 6 nitrogen and oxygen atoms in total. The second-order valence-corrected chi connectivity index (χ2v) is 8.61. The van der Waals surface area contributed by atoms with Crippen molar-refractivity contribution in [2.45, 2.75) is 13.0 Å². The zero-order chi connectivity index (χ0) is 22.0. The summed E-state index contributed by atoms with van der Waals surface area (Å²) in [6, 6.07) is 9.78. The fourth-order valence-electron chi connectivity index (χ4n) is 2.58. The minimum absolute atomic E-state index is 0.285. The molecule has 3 rings (SSSR count). The molecule has 0 aliphatic carbocycles. The number of thioether (sulfide) groups is 1. The average molecular weight is 484 g/mol. The van der Waals surface area contributed by atoms with Crippen molar-refractivity contribution in [3.8, 4) is 11.5 Å². The van der Waals surface area contributed by atoms with Crippen LogP contribution in [-0.2, 0) is 9.59 Å². The molecule has 1 aliphatic rings. The lowest BCUT2D eigenvalue weighted by Gasteiger charge is -2.15. The first-order valence-corrected chi connectivity index (χ1v) is 10.5. The van der Waals surface area contributed by atoms with Gasteiger partial charge in [-0.15, -0.1) is 0 Å². The van der Waals surface area contributed by atoms with Gasteiger partial charge in [0.2, 0.25) is 0 Å². The van der Waals surface area contributed by atoms with E-state index >= 15 is 0 Å². The third kappa shape index (κ3) is 4.73. The fraction of sp³-hybridized carbons (Fsp3) is 0.150. The van der Waals surface area contributed by atoms with Crippen LogP contribution in [0, 0.1) is 0 Å².